The van der Waals surface area contributed by atoms with Gasteiger partial charge in [0.1, 0.15) is 5.60 Å². The van der Waals surface area contributed by atoms with E-state index in [2.05, 4.69) is 17.6 Å². The van der Waals surface area contributed by atoms with Crippen LogP contribution in [0.5, 0.6) is 0 Å². The van der Waals surface area contributed by atoms with Crippen molar-refractivity contribution in [2.45, 2.75) is 58.7 Å². The summed E-state index contributed by atoms with van der Waals surface area (Å²) < 4.78 is 5.25. The van der Waals surface area contributed by atoms with E-state index < -0.39 is 11.7 Å². The molecule has 6 heteroatoms. The Morgan fingerprint density at radius 3 is 2.39 bits per heavy atom. The van der Waals surface area contributed by atoms with Crippen LogP contribution >= 0.6 is 23.2 Å². The quantitative estimate of drug-likeness (QED) is 0.735. The Labute approximate surface area is 148 Å². The van der Waals surface area contributed by atoms with Crippen molar-refractivity contribution in [2.75, 3.05) is 6.54 Å². The van der Waals surface area contributed by atoms with E-state index in [9.17, 15) is 4.79 Å². The summed E-state index contributed by atoms with van der Waals surface area (Å²) in [5.41, 5.74) is 0.372. The fraction of sp³-hybridized carbons (Fsp3) is 0.588. The van der Waals surface area contributed by atoms with Crippen molar-refractivity contribution < 1.29 is 9.53 Å². The van der Waals surface area contributed by atoms with Gasteiger partial charge in [-0.1, -0.05) is 42.6 Å². The Hall–Kier alpha value is -0.970. The Kier molecular flexibility index (Phi) is 8.17. The zero-order valence-electron chi connectivity index (χ0n) is 14.2. The molecule has 0 radical (unpaired) electrons. The van der Waals surface area contributed by atoms with Crippen molar-refractivity contribution in [2.24, 2.45) is 0 Å². The summed E-state index contributed by atoms with van der Waals surface area (Å²) in [6, 6.07) is 5.58. The fourth-order valence-electron chi connectivity index (χ4n) is 2.09. The van der Waals surface area contributed by atoms with E-state index in [0.717, 1.165) is 18.4 Å². The lowest BCUT2D eigenvalue weighted by atomic mass is 10.1. The van der Waals surface area contributed by atoms with Gasteiger partial charge in [-0.25, -0.2) is 4.79 Å². The van der Waals surface area contributed by atoms with Gasteiger partial charge in [0, 0.05) is 34.7 Å². The maximum atomic E-state index is 11.7. The molecule has 0 spiro atoms. The number of halogens is 2. The molecule has 0 saturated carbocycles. The molecular formula is C17H26Cl2N2O2. The van der Waals surface area contributed by atoms with Crippen LogP contribution < -0.4 is 10.6 Å². The molecule has 2 N–H and O–H groups in total. The van der Waals surface area contributed by atoms with Gasteiger partial charge in [-0.3, -0.25) is 0 Å². The van der Waals surface area contributed by atoms with E-state index in [1.807, 2.05) is 39.0 Å². The van der Waals surface area contributed by atoms with Gasteiger partial charge < -0.3 is 15.4 Å². The minimum atomic E-state index is -0.497. The van der Waals surface area contributed by atoms with Crippen molar-refractivity contribution in [1.29, 1.82) is 0 Å². The number of nitrogens with one attached hydrogen (secondary N) is 2. The van der Waals surface area contributed by atoms with Gasteiger partial charge in [0.05, 0.1) is 0 Å². The van der Waals surface area contributed by atoms with E-state index in [1.165, 1.54) is 0 Å². The molecule has 0 saturated heterocycles. The van der Waals surface area contributed by atoms with E-state index in [4.69, 9.17) is 27.9 Å². The monoisotopic (exact) mass is 360 g/mol. The van der Waals surface area contributed by atoms with Gasteiger partial charge in [-0.2, -0.15) is 0 Å². The molecule has 0 aromatic heterocycles. The highest BCUT2D eigenvalue weighted by Crippen LogP contribution is 2.24. The third-order valence-electron chi connectivity index (χ3n) is 3.16. The first-order valence-corrected chi connectivity index (χ1v) is 8.61. The van der Waals surface area contributed by atoms with Gasteiger partial charge in [-0.15, -0.1) is 0 Å². The van der Waals surface area contributed by atoms with Crippen molar-refractivity contribution in [3.63, 3.8) is 0 Å². The Bertz CT molecular complexity index is 496. The van der Waals surface area contributed by atoms with E-state index >= 15 is 0 Å². The van der Waals surface area contributed by atoms with Crippen LogP contribution in [0.15, 0.2) is 18.2 Å². The van der Waals surface area contributed by atoms with Gasteiger partial charge in [-0.05, 0) is 39.3 Å². The number of benzene rings is 1. The first-order chi connectivity index (χ1) is 10.7. The molecule has 4 nitrogen and oxygen atoms in total. The fourth-order valence-corrected chi connectivity index (χ4v) is 2.62. The third-order valence-corrected chi connectivity index (χ3v) is 3.87. The predicted octanol–water partition coefficient (Wildman–Crippen LogP) is 4.78. The first-order valence-electron chi connectivity index (χ1n) is 7.86. The predicted molar refractivity (Wildman–Crippen MR) is 96.2 cm³/mol. The van der Waals surface area contributed by atoms with Crippen LogP contribution in [0.3, 0.4) is 0 Å². The summed E-state index contributed by atoms with van der Waals surface area (Å²) >= 11 is 12.4. The molecule has 0 bridgehead atoms. The van der Waals surface area contributed by atoms with Crippen LogP contribution in [0.1, 0.15) is 46.1 Å². The Balaban J connectivity index is 2.54. The second-order valence-electron chi connectivity index (χ2n) is 6.45. The van der Waals surface area contributed by atoms with Gasteiger partial charge in [0.25, 0.3) is 0 Å². The molecule has 0 aliphatic rings. The molecule has 1 rings (SSSR count). The van der Waals surface area contributed by atoms with Gasteiger partial charge in [0.15, 0.2) is 0 Å². The summed E-state index contributed by atoms with van der Waals surface area (Å²) in [6.45, 7) is 8.67. The lowest BCUT2D eigenvalue weighted by molar-refractivity contribution is 0.0521. The zero-order valence-corrected chi connectivity index (χ0v) is 15.7. The molecule has 1 aromatic rings. The number of amides is 1. The molecule has 1 aromatic carbocycles. The highest BCUT2D eigenvalue weighted by Gasteiger charge is 2.17. The second kappa shape index (κ2) is 9.36. The molecule has 0 aliphatic heterocycles. The zero-order chi connectivity index (χ0) is 17.5. The minimum absolute atomic E-state index is 0.125. The number of carbonyl (C=O) groups is 1. The number of ether oxygens (including phenoxy) is 1. The molecular weight excluding hydrogens is 335 g/mol. The summed E-state index contributed by atoms with van der Waals surface area (Å²) in [7, 11) is 0. The highest BCUT2D eigenvalue weighted by atomic mass is 35.5. The molecule has 1 amide bonds. The first kappa shape index (κ1) is 20.1. The molecule has 0 aliphatic carbocycles. The number of alkyl carbamates (subject to hydrolysis) is 1. The molecule has 0 heterocycles. The number of rotatable bonds is 7. The average Bonchev–Trinajstić information content (AvgIpc) is 2.42. The van der Waals surface area contributed by atoms with E-state index in [1.54, 1.807) is 0 Å². The topological polar surface area (TPSA) is 50.4 Å². The Morgan fingerprint density at radius 1 is 1.26 bits per heavy atom. The van der Waals surface area contributed by atoms with E-state index in [-0.39, 0.29) is 6.04 Å². The van der Waals surface area contributed by atoms with Gasteiger partial charge >= 0.3 is 6.09 Å². The molecule has 130 valence electrons. The normalized spacial score (nSPS) is 12.8. The van der Waals surface area contributed by atoms with Crippen molar-refractivity contribution in [1.82, 2.24) is 10.6 Å². The van der Waals surface area contributed by atoms with Crippen molar-refractivity contribution in [3.8, 4) is 0 Å². The number of hydrogen-bond acceptors (Lipinski definition) is 3. The van der Waals surface area contributed by atoms with Crippen LogP contribution in [0.2, 0.25) is 10.0 Å². The van der Waals surface area contributed by atoms with Crippen LogP contribution in [-0.4, -0.2) is 24.3 Å². The molecule has 1 atom stereocenters. The summed E-state index contributed by atoms with van der Waals surface area (Å²) in [4.78, 5) is 11.7. The minimum Gasteiger partial charge on any atom is -0.444 e. The lowest BCUT2D eigenvalue weighted by Crippen LogP contribution is -2.42. The summed E-state index contributed by atoms with van der Waals surface area (Å²) in [5, 5.41) is 7.48. The van der Waals surface area contributed by atoms with Crippen molar-refractivity contribution >= 4 is 29.3 Å². The van der Waals surface area contributed by atoms with Gasteiger partial charge in [0.2, 0.25) is 0 Å². The van der Waals surface area contributed by atoms with Crippen molar-refractivity contribution in [3.05, 3.63) is 33.8 Å². The standard InChI is InChI=1S/C17H26Cl2N2O2/c1-5-7-12(10-21-16(22)23-17(2,3)4)20-11-13-14(18)8-6-9-15(13)19/h6,8-9,12,20H,5,7,10-11H2,1-4H3,(H,21,22). The largest absolute Gasteiger partial charge is 0.444 e. The van der Waals surface area contributed by atoms with E-state index in [0.29, 0.717) is 23.1 Å². The smallest absolute Gasteiger partial charge is 0.407 e. The van der Waals surface area contributed by atoms with Crippen LogP contribution in [0.4, 0.5) is 4.79 Å². The Morgan fingerprint density at radius 2 is 1.87 bits per heavy atom. The number of carbonyl (C=O) groups excluding carboxylic acids is 1. The number of hydrogen-bond donors (Lipinski definition) is 2. The maximum absolute atomic E-state index is 11.7. The lowest BCUT2D eigenvalue weighted by Gasteiger charge is -2.23. The maximum Gasteiger partial charge on any atom is 0.407 e. The average molecular weight is 361 g/mol. The third kappa shape index (κ3) is 7.91. The summed E-state index contributed by atoms with van der Waals surface area (Å²) in [6.07, 6.45) is 1.53. The van der Waals surface area contributed by atoms with Crippen LogP contribution in [-0.2, 0) is 11.3 Å². The molecule has 1 unspecified atom stereocenters. The second-order valence-corrected chi connectivity index (χ2v) is 7.26. The highest BCUT2D eigenvalue weighted by molar-refractivity contribution is 6.35. The SMILES string of the molecule is CCCC(CNC(=O)OC(C)(C)C)NCc1c(Cl)cccc1Cl. The molecule has 0 fully saturated rings. The van der Waals surface area contributed by atoms with Crippen LogP contribution in [0, 0.1) is 0 Å². The molecule has 23 heavy (non-hydrogen) atoms. The summed E-state index contributed by atoms with van der Waals surface area (Å²) in [5.74, 6) is 0. The van der Waals surface area contributed by atoms with Crippen LogP contribution in [0.25, 0.3) is 0 Å².